The quantitative estimate of drug-likeness (QED) is 0.553. The van der Waals surface area contributed by atoms with Crippen molar-refractivity contribution in [3.8, 4) is 0 Å². The van der Waals surface area contributed by atoms with E-state index in [-0.39, 0.29) is 17.7 Å². The summed E-state index contributed by atoms with van der Waals surface area (Å²) in [5, 5.41) is 2.07. The van der Waals surface area contributed by atoms with Gasteiger partial charge in [-0.1, -0.05) is 12.1 Å². The molecule has 2 aliphatic rings. The van der Waals surface area contributed by atoms with E-state index < -0.39 is 0 Å². The number of anilines is 1. The van der Waals surface area contributed by atoms with Gasteiger partial charge in [-0.3, -0.25) is 9.59 Å². The average Bonchev–Trinajstić information content (AvgIpc) is 3.46. The van der Waals surface area contributed by atoms with Crippen LogP contribution in [0.5, 0.6) is 0 Å². The zero-order chi connectivity index (χ0) is 23.8. The van der Waals surface area contributed by atoms with Crippen LogP contribution in [-0.2, 0) is 11.3 Å². The van der Waals surface area contributed by atoms with Crippen molar-refractivity contribution in [2.45, 2.75) is 40.2 Å². The molecule has 2 amide bonds. The Hall–Kier alpha value is -2.80. The number of piperazine rings is 1. The summed E-state index contributed by atoms with van der Waals surface area (Å²) in [6.07, 6.45) is 1.51. The van der Waals surface area contributed by atoms with E-state index in [9.17, 15) is 9.59 Å². The van der Waals surface area contributed by atoms with Gasteiger partial charge in [0.25, 0.3) is 5.91 Å². The van der Waals surface area contributed by atoms with Crippen LogP contribution < -0.4 is 4.90 Å². The highest BCUT2D eigenvalue weighted by atomic mass is 32.1. The molecule has 1 aromatic carbocycles. The van der Waals surface area contributed by atoms with Gasteiger partial charge in [-0.05, 0) is 68.3 Å². The number of hydrogen-bond acceptors (Lipinski definition) is 4. The molecule has 2 aliphatic heterocycles. The van der Waals surface area contributed by atoms with Crippen molar-refractivity contribution in [3.63, 3.8) is 0 Å². The van der Waals surface area contributed by atoms with Crippen LogP contribution in [-0.4, -0.2) is 65.4 Å². The lowest BCUT2D eigenvalue weighted by molar-refractivity contribution is -0.137. The van der Waals surface area contributed by atoms with Gasteiger partial charge < -0.3 is 19.3 Å². The van der Waals surface area contributed by atoms with Crippen molar-refractivity contribution in [2.24, 2.45) is 5.92 Å². The van der Waals surface area contributed by atoms with Gasteiger partial charge in [0, 0.05) is 57.4 Å². The normalized spacial score (nSPS) is 17.6. The number of piperidine rings is 1. The second-order valence-electron chi connectivity index (χ2n) is 9.61. The molecule has 2 fully saturated rings. The fourth-order valence-corrected chi connectivity index (χ4v) is 6.29. The predicted molar refractivity (Wildman–Crippen MR) is 139 cm³/mol. The highest BCUT2D eigenvalue weighted by Gasteiger charge is 2.33. The molecule has 180 valence electrons. The molecule has 0 aliphatic carbocycles. The number of aryl methyl sites for hydroxylation is 3. The highest BCUT2D eigenvalue weighted by Crippen LogP contribution is 2.28. The smallest absolute Gasteiger partial charge is 0.270 e. The zero-order valence-electron chi connectivity index (χ0n) is 20.4. The van der Waals surface area contributed by atoms with E-state index in [0.717, 1.165) is 61.5 Å². The van der Waals surface area contributed by atoms with Gasteiger partial charge in [0.05, 0.1) is 10.2 Å². The molecule has 0 spiro atoms. The van der Waals surface area contributed by atoms with E-state index in [1.165, 1.54) is 16.8 Å². The van der Waals surface area contributed by atoms with Crippen LogP contribution >= 0.6 is 11.3 Å². The minimum atomic E-state index is 0.0257. The first-order chi connectivity index (χ1) is 16.5. The molecule has 3 aromatic rings. The maximum absolute atomic E-state index is 13.3. The Morgan fingerprint density at radius 3 is 2.38 bits per heavy atom. The van der Waals surface area contributed by atoms with Gasteiger partial charge in [0.1, 0.15) is 5.69 Å². The van der Waals surface area contributed by atoms with E-state index in [4.69, 9.17) is 0 Å². The third kappa shape index (κ3) is 4.22. The highest BCUT2D eigenvalue weighted by molar-refractivity contribution is 7.17. The van der Waals surface area contributed by atoms with Crippen LogP contribution in [0.2, 0.25) is 0 Å². The number of fused-ring (bicyclic) bond motifs is 1. The number of nitrogens with zero attached hydrogens (tertiary/aromatic N) is 4. The molecule has 4 heterocycles. The van der Waals surface area contributed by atoms with Gasteiger partial charge >= 0.3 is 0 Å². The van der Waals surface area contributed by atoms with Crippen molar-refractivity contribution >= 4 is 39.1 Å². The van der Waals surface area contributed by atoms with Gasteiger partial charge in [0.15, 0.2) is 0 Å². The second kappa shape index (κ2) is 9.45. The fraction of sp³-hybridized carbons (Fsp3) is 0.481. The molecule has 5 rings (SSSR count). The van der Waals surface area contributed by atoms with Crippen molar-refractivity contribution in [1.29, 1.82) is 0 Å². The van der Waals surface area contributed by atoms with Crippen molar-refractivity contribution in [2.75, 3.05) is 44.2 Å². The summed E-state index contributed by atoms with van der Waals surface area (Å²) in [4.78, 5) is 32.9. The first-order valence-electron chi connectivity index (χ1n) is 12.4. The number of rotatable bonds is 4. The summed E-state index contributed by atoms with van der Waals surface area (Å²) < 4.78 is 3.27. The maximum atomic E-state index is 13.3. The first-order valence-corrected chi connectivity index (χ1v) is 13.3. The molecule has 0 bridgehead atoms. The Kier molecular flexibility index (Phi) is 6.38. The summed E-state index contributed by atoms with van der Waals surface area (Å²) in [6.45, 7) is 11.7. The molecule has 2 saturated heterocycles. The van der Waals surface area contributed by atoms with Gasteiger partial charge in [-0.15, -0.1) is 11.3 Å². The molecule has 0 unspecified atom stereocenters. The topological polar surface area (TPSA) is 48.8 Å². The molecular formula is C27H34N4O2S. The van der Waals surface area contributed by atoms with Crippen LogP contribution in [0.1, 0.15) is 41.4 Å². The molecule has 7 heteroatoms. The van der Waals surface area contributed by atoms with Crippen LogP contribution in [0.15, 0.2) is 35.7 Å². The lowest BCUT2D eigenvalue weighted by atomic mass is 9.94. The molecule has 34 heavy (non-hydrogen) atoms. The second-order valence-corrected chi connectivity index (χ2v) is 10.6. The summed E-state index contributed by atoms with van der Waals surface area (Å²) in [5.41, 5.74) is 5.76. The van der Waals surface area contributed by atoms with E-state index in [1.54, 1.807) is 11.3 Å². The van der Waals surface area contributed by atoms with Gasteiger partial charge in [-0.25, -0.2) is 0 Å². The van der Waals surface area contributed by atoms with Crippen molar-refractivity contribution in [3.05, 3.63) is 52.5 Å². The third-order valence-corrected chi connectivity index (χ3v) is 8.34. The van der Waals surface area contributed by atoms with E-state index in [0.29, 0.717) is 13.1 Å². The largest absolute Gasteiger partial charge is 0.368 e. The number of hydrogen-bond donors (Lipinski definition) is 0. The molecular weight excluding hydrogens is 444 g/mol. The Morgan fingerprint density at radius 1 is 0.941 bits per heavy atom. The van der Waals surface area contributed by atoms with Gasteiger partial charge in [0.2, 0.25) is 5.91 Å². The summed E-state index contributed by atoms with van der Waals surface area (Å²) in [6, 6.07) is 10.7. The van der Waals surface area contributed by atoms with Crippen LogP contribution in [0.4, 0.5) is 5.69 Å². The summed E-state index contributed by atoms with van der Waals surface area (Å²) in [7, 11) is 0. The number of carbonyl (C=O) groups excluding carboxylic acids is 2. The minimum Gasteiger partial charge on any atom is -0.368 e. The van der Waals surface area contributed by atoms with Crippen molar-refractivity contribution in [1.82, 2.24) is 14.4 Å². The first kappa shape index (κ1) is 23.0. The van der Waals surface area contributed by atoms with Crippen LogP contribution in [0, 0.1) is 19.8 Å². The standard InChI is InChI=1S/C27H34N4O2S/c1-4-31-22-9-16-34-25(22)18-24(31)27(33)29-10-7-21(8-11-29)26(32)30-14-12-28(13-15-30)23-17-19(2)5-6-20(23)3/h5-6,9,16-18,21H,4,7-8,10-15H2,1-3H3. The summed E-state index contributed by atoms with van der Waals surface area (Å²) in [5.74, 6) is 0.390. The molecule has 0 atom stereocenters. The number of amides is 2. The lowest BCUT2D eigenvalue weighted by Crippen LogP contribution is -2.52. The van der Waals surface area contributed by atoms with Gasteiger partial charge in [-0.2, -0.15) is 0 Å². The molecule has 6 nitrogen and oxygen atoms in total. The monoisotopic (exact) mass is 478 g/mol. The fourth-order valence-electron chi connectivity index (χ4n) is 5.47. The number of benzene rings is 1. The Balaban J connectivity index is 1.17. The third-order valence-electron chi connectivity index (χ3n) is 7.49. The lowest BCUT2D eigenvalue weighted by Gasteiger charge is -2.40. The molecule has 0 saturated carbocycles. The molecule has 0 N–H and O–H groups in total. The number of likely N-dealkylation sites (tertiary alicyclic amines) is 1. The Bertz CT molecular complexity index is 1200. The number of carbonyl (C=O) groups is 2. The maximum Gasteiger partial charge on any atom is 0.270 e. The van der Waals surface area contributed by atoms with Crippen LogP contribution in [0.25, 0.3) is 10.2 Å². The van der Waals surface area contributed by atoms with Crippen LogP contribution in [0.3, 0.4) is 0 Å². The number of thiophene rings is 1. The SMILES string of the molecule is CCn1c(C(=O)N2CCC(C(=O)N3CCN(c4cc(C)ccc4C)CC3)CC2)cc2sccc21. The Morgan fingerprint density at radius 2 is 1.68 bits per heavy atom. The Labute approximate surface area is 205 Å². The minimum absolute atomic E-state index is 0.0257. The zero-order valence-corrected chi connectivity index (χ0v) is 21.2. The van der Waals surface area contributed by atoms with E-state index >= 15 is 0 Å². The summed E-state index contributed by atoms with van der Waals surface area (Å²) >= 11 is 1.68. The molecule has 2 aromatic heterocycles. The predicted octanol–water partition coefficient (Wildman–Crippen LogP) is 4.54. The average molecular weight is 479 g/mol. The molecule has 0 radical (unpaired) electrons. The van der Waals surface area contributed by atoms with Crippen molar-refractivity contribution < 1.29 is 9.59 Å². The van der Waals surface area contributed by atoms with E-state index in [1.807, 2.05) is 15.9 Å². The number of aromatic nitrogens is 1. The van der Waals surface area contributed by atoms with E-state index in [2.05, 4.69) is 59.9 Å².